The fourth-order valence-corrected chi connectivity index (χ4v) is 3.32. The third-order valence-electron chi connectivity index (χ3n) is 4.73. The van der Waals surface area contributed by atoms with Crippen LogP contribution in [0, 0.1) is 6.92 Å². The molecule has 9 heteroatoms. The maximum absolute atomic E-state index is 12.9. The molecule has 2 aromatic rings. The molecule has 146 valence electrons. The van der Waals surface area contributed by atoms with Gasteiger partial charge in [0.2, 0.25) is 5.88 Å². The molecular formula is C19H17F3N4O2. The standard InChI is InChI=1S/C19H17F3N4O2/c1-3-12-8-26-9-23-18-15(16(26)24-12)14(10(2)28-18)17(27)25-13-6-4-5-11(7-13)19(20,21)22/h4-7,9,12H,3,8H2,1-2H3,(H,25,27). The van der Waals surface area contributed by atoms with Gasteiger partial charge in [-0.05, 0) is 31.5 Å². The van der Waals surface area contributed by atoms with E-state index in [-0.39, 0.29) is 23.2 Å². The zero-order valence-corrected chi connectivity index (χ0v) is 15.2. The van der Waals surface area contributed by atoms with Crippen molar-refractivity contribution in [1.29, 1.82) is 0 Å². The van der Waals surface area contributed by atoms with Gasteiger partial charge < -0.3 is 14.6 Å². The second-order valence-electron chi connectivity index (χ2n) is 6.66. The molecule has 1 aromatic heterocycles. The first kappa shape index (κ1) is 18.3. The third kappa shape index (κ3) is 3.06. The van der Waals surface area contributed by atoms with Crippen molar-refractivity contribution in [2.75, 3.05) is 11.9 Å². The van der Waals surface area contributed by atoms with Crippen molar-refractivity contribution in [2.24, 2.45) is 9.98 Å². The van der Waals surface area contributed by atoms with Crippen LogP contribution in [0.25, 0.3) is 0 Å². The van der Waals surface area contributed by atoms with Crippen molar-refractivity contribution in [2.45, 2.75) is 32.5 Å². The number of rotatable bonds is 3. The van der Waals surface area contributed by atoms with E-state index < -0.39 is 17.6 Å². The lowest BCUT2D eigenvalue weighted by molar-refractivity contribution is -0.137. The highest BCUT2D eigenvalue weighted by Gasteiger charge is 2.36. The van der Waals surface area contributed by atoms with Crippen LogP contribution in [0.15, 0.2) is 38.7 Å². The highest BCUT2D eigenvalue weighted by molar-refractivity contribution is 6.19. The molecule has 1 aromatic carbocycles. The van der Waals surface area contributed by atoms with Gasteiger partial charge in [-0.3, -0.25) is 9.79 Å². The number of carbonyl (C=O) groups excluding carboxylic acids is 1. The number of nitrogens with one attached hydrogen (secondary N) is 1. The largest absolute Gasteiger partial charge is 0.442 e. The van der Waals surface area contributed by atoms with E-state index in [4.69, 9.17) is 4.42 Å². The number of nitrogens with zero attached hydrogens (tertiary/aromatic N) is 3. The lowest BCUT2D eigenvalue weighted by Gasteiger charge is -2.18. The number of anilines is 1. The molecule has 1 atom stereocenters. The summed E-state index contributed by atoms with van der Waals surface area (Å²) in [4.78, 5) is 23.6. The monoisotopic (exact) mass is 390 g/mol. The van der Waals surface area contributed by atoms with Crippen LogP contribution in [0.2, 0.25) is 0 Å². The average Bonchev–Trinajstić information content (AvgIpc) is 3.20. The maximum atomic E-state index is 12.9. The van der Waals surface area contributed by atoms with Crippen LogP contribution in [0.4, 0.5) is 24.7 Å². The Balaban J connectivity index is 1.69. The summed E-state index contributed by atoms with van der Waals surface area (Å²) in [5.74, 6) is 0.638. The molecule has 0 saturated heterocycles. The van der Waals surface area contributed by atoms with E-state index in [9.17, 15) is 18.0 Å². The number of carbonyl (C=O) groups is 1. The van der Waals surface area contributed by atoms with Crippen LogP contribution in [0.3, 0.4) is 0 Å². The number of furan rings is 1. The summed E-state index contributed by atoms with van der Waals surface area (Å²) in [6.45, 7) is 4.30. The zero-order valence-electron chi connectivity index (χ0n) is 15.2. The smallest absolute Gasteiger partial charge is 0.416 e. The fourth-order valence-electron chi connectivity index (χ4n) is 3.32. The van der Waals surface area contributed by atoms with E-state index in [0.29, 0.717) is 23.7 Å². The van der Waals surface area contributed by atoms with Gasteiger partial charge in [-0.1, -0.05) is 13.0 Å². The molecule has 1 amide bonds. The lowest BCUT2D eigenvalue weighted by Crippen LogP contribution is -2.31. The molecule has 1 N–H and O–H groups in total. The summed E-state index contributed by atoms with van der Waals surface area (Å²) < 4.78 is 44.4. The molecule has 0 aliphatic carbocycles. The van der Waals surface area contributed by atoms with Crippen molar-refractivity contribution in [3.8, 4) is 0 Å². The Morgan fingerprint density at radius 1 is 1.39 bits per heavy atom. The van der Waals surface area contributed by atoms with E-state index in [1.54, 1.807) is 13.3 Å². The second kappa shape index (κ2) is 6.50. The Labute approximate surface area is 158 Å². The van der Waals surface area contributed by atoms with Crippen LogP contribution < -0.4 is 5.32 Å². The Kier molecular flexibility index (Phi) is 4.24. The predicted octanol–water partition coefficient (Wildman–Crippen LogP) is 4.37. The first-order chi connectivity index (χ1) is 13.3. The van der Waals surface area contributed by atoms with E-state index in [1.165, 1.54) is 12.1 Å². The Morgan fingerprint density at radius 3 is 2.89 bits per heavy atom. The van der Waals surface area contributed by atoms with E-state index in [1.807, 2.05) is 11.8 Å². The first-order valence-corrected chi connectivity index (χ1v) is 8.79. The van der Waals surface area contributed by atoms with E-state index in [2.05, 4.69) is 15.3 Å². The minimum absolute atomic E-state index is 0.0464. The molecule has 1 unspecified atom stereocenters. The second-order valence-corrected chi connectivity index (χ2v) is 6.66. The molecule has 0 fully saturated rings. The minimum Gasteiger partial charge on any atom is -0.442 e. The Bertz CT molecular complexity index is 1010. The van der Waals surface area contributed by atoms with E-state index >= 15 is 0 Å². The molecule has 0 bridgehead atoms. The van der Waals surface area contributed by atoms with Crippen LogP contribution in [0.1, 0.15) is 40.6 Å². The van der Waals surface area contributed by atoms with Gasteiger partial charge in [0.15, 0.2) is 0 Å². The van der Waals surface area contributed by atoms with Crippen LogP contribution in [-0.2, 0) is 6.18 Å². The quantitative estimate of drug-likeness (QED) is 0.846. The maximum Gasteiger partial charge on any atom is 0.416 e. The van der Waals surface area contributed by atoms with Gasteiger partial charge in [0.25, 0.3) is 5.91 Å². The summed E-state index contributed by atoms with van der Waals surface area (Å²) in [7, 11) is 0. The predicted molar refractivity (Wildman–Crippen MR) is 98.3 cm³/mol. The van der Waals surface area contributed by atoms with E-state index in [0.717, 1.165) is 18.6 Å². The lowest BCUT2D eigenvalue weighted by atomic mass is 10.1. The third-order valence-corrected chi connectivity index (χ3v) is 4.73. The SMILES string of the molecule is CCC1CN2C=Nc3oc(C)c(C(=O)Nc4cccc(C(F)(F)F)c4)c3C2=N1. The molecule has 3 heterocycles. The van der Waals surface area contributed by atoms with Gasteiger partial charge in [0, 0.05) is 12.2 Å². The van der Waals surface area contributed by atoms with Crippen LogP contribution in [0.5, 0.6) is 0 Å². The van der Waals surface area contributed by atoms with Crippen molar-refractivity contribution in [3.63, 3.8) is 0 Å². The van der Waals surface area contributed by atoms with Crippen LogP contribution >= 0.6 is 0 Å². The summed E-state index contributed by atoms with van der Waals surface area (Å²) in [6, 6.07) is 4.58. The normalized spacial score (nSPS) is 18.0. The summed E-state index contributed by atoms with van der Waals surface area (Å²) in [5, 5.41) is 2.53. The van der Waals surface area contributed by atoms with Crippen molar-refractivity contribution in [3.05, 3.63) is 46.7 Å². The number of aryl methyl sites for hydroxylation is 1. The molecule has 2 aliphatic rings. The number of hydrogen-bond donors (Lipinski definition) is 1. The van der Waals surface area contributed by atoms with Gasteiger partial charge >= 0.3 is 6.18 Å². The van der Waals surface area contributed by atoms with Gasteiger partial charge in [-0.25, -0.2) is 4.99 Å². The molecule has 4 rings (SSSR count). The molecule has 2 aliphatic heterocycles. The number of alkyl halides is 3. The topological polar surface area (TPSA) is 70.2 Å². The summed E-state index contributed by atoms with van der Waals surface area (Å²) >= 11 is 0. The molecule has 0 saturated carbocycles. The number of amidine groups is 1. The first-order valence-electron chi connectivity index (χ1n) is 8.79. The van der Waals surface area contributed by atoms with Crippen molar-refractivity contribution in [1.82, 2.24) is 4.90 Å². The fraction of sp³-hybridized carbons (Fsp3) is 0.316. The van der Waals surface area contributed by atoms with Gasteiger partial charge in [-0.15, -0.1) is 0 Å². The molecule has 28 heavy (non-hydrogen) atoms. The number of aliphatic imine (C=N–C) groups is 2. The summed E-state index contributed by atoms with van der Waals surface area (Å²) in [5.41, 5.74) is -0.0895. The average molecular weight is 390 g/mol. The zero-order chi connectivity index (χ0) is 20.1. The Hall–Kier alpha value is -3.10. The highest BCUT2D eigenvalue weighted by Crippen LogP contribution is 2.36. The number of benzene rings is 1. The number of halogens is 3. The Morgan fingerprint density at radius 2 is 2.18 bits per heavy atom. The minimum atomic E-state index is -4.49. The number of amides is 1. The number of fused-ring (bicyclic) bond motifs is 3. The molecule has 0 spiro atoms. The molecule has 0 radical (unpaired) electrons. The van der Waals surface area contributed by atoms with Crippen LogP contribution in [-0.4, -0.2) is 35.6 Å². The summed E-state index contributed by atoms with van der Waals surface area (Å²) in [6.07, 6.45) is -2.03. The van der Waals surface area contributed by atoms with Crippen molar-refractivity contribution < 1.29 is 22.4 Å². The van der Waals surface area contributed by atoms with Gasteiger partial charge in [-0.2, -0.15) is 13.2 Å². The number of hydrogen-bond acceptors (Lipinski definition) is 5. The highest BCUT2D eigenvalue weighted by atomic mass is 19.4. The van der Waals surface area contributed by atoms with Gasteiger partial charge in [0.05, 0.1) is 22.7 Å². The molecule has 6 nitrogen and oxygen atoms in total. The van der Waals surface area contributed by atoms with Gasteiger partial charge in [0.1, 0.15) is 17.9 Å². The molecular weight excluding hydrogens is 373 g/mol. The van der Waals surface area contributed by atoms with Crippen molar-refractivity contribution >= 4 is 29.7 Å².